The van der Waals surface area contributed by atoms with Gasteiger partial charge in [0.2, 0.25) is 0 Å². The van der Waals surface area contributed by atoms with Crippen LogP contribution in [0.25, 0.3) is 0 Å². The largest absolute Gasteiger partial charge is 0.465 e. The van der Waals surface area contributed by atoms with Crippen molar-refractivity contribution in [2.45, 2.75) is 91.9 Å². The van der Waals surface area contributed by atoms with Crippen LogP contribution in [0.5, 0.6) is 0 Å². The Kier molecular flexibility index (Phi) is 11.6. The number of hydrogen-bond acceptors (Lipinski definition) is 4. The third kappa shape index (κ3) is 8.55. The predicted molar refractivity (Wildman–Crippen MR) is 105 cm³/mol. The minimum absolute atomic E-state index is 0.190. The van der Waals surface area contributed by atoms with Gasteiger partial charge in [0.05, 0.1) is 25.0 Å². The van der Waals surface area contributed by atoms with E-state index in [0.29, 0.717) is 19.1 Å². The quantitative estimate of drug-likeness (QED) is 0.335. The molecule has 0 aliphatic heterocycles. The third-order valence-electron chi connectivity index (χ3n) is 5.44. The van der Waals surface area contributed by atoms with E-state index in [1.807, 2.05) is 0 Å². The molecule has 0 radical (unpaired) electrons. The molecule has 0 amide bonds. The number of esters is 2. The topological polar surface area (TPSA) is 52.6 Å². The summed E-state index contributed by atoms with van der Waals surface area (Å²) in [6.45, 7) is 9.56. The van der Waals surface area contributed by atoms with E-state index in [4.69, 9.17) is 9.47 Å². The molecule has 0 aromatic carbocycles. The molecule has 0 heterocycles. The fourth-order valence-electron chi connectivity index (χ4n) is 3.73. The number of carbonyl (C=O) groups excluding carboxylic acids is 2. The van der Waals surface area contributed by atoms with E-state index in [2.05, 4.69) is 27.7 Å². The Morgan fingerprint density at radius 1 is 0.885 bits per heavy atom. The van der Waals surface area contributed by atoms with Crippen LogP contribution in [0.1, 0.15) is 91.9 Å². The van der Waals surface area contributed by atoms with E-state index in [1.54, 1.807) is 0 Å². The first-order valence-electron chi connectivity index (χ1n) is 10.8. The van der Waals surface area contributed by atoms with Crippen LogP contribution < -0.4 is 0 Å². The highest BCUT2D eigenvalue weighted by Gasteiger charge is 2.40. The van der Waals surface area contributed by atoms with E-state index in [9.17, 15) is 9.59 Å². The van der Waals surface area contributed by atoms with Gasteiger partial charge in [-0.25, -0.2) is 0 Å². The normalized spacial score (nSPS) is 23.0. The van der Waals surface area contributed by atoms with Gasteiger partial charge in [-0.15, -0.1) is 0 Å². The smallest absolute Gasteiger partial charge is 0.309 e. The monoisotopic (exact) mass is 368 g/mol. The Balaban J connectivity index is 2.63. The second-order valence-corrected chi connectivity index (χ2v) is 8.26. The molecule has 1 saturated carbocycles. The van der Waals surface area contributed by atoms with E-state index in [-0.39, 0.29) is 23.8 Å². The highest BCUT2D eigenvalue weighted by atomic mass is 16.5. The standard InChI is InChI=1S/C22H40O4/c1-5-7-14-25-21(23)19-13-12-18(11-9-10-17(3)4)16-20(19)22(24)26-15-8-6-2/h17-20H,5-16H2,1-4H3. The van der Waals surface area contributed by atoms with Crippen molar-refractivity contribution in [1.82, 2.24) is 0 Å². The zero-order chi connectivity index (χ0) is 19.4. The van der Waals surface area contributed by atoms with Gasteiger partial charge in [-0.3, -0.25) is 9.59 Å². The molecule has 0 aromatic heterocycles. The molecular weight excluding hydrogens is 328 g/mol. The molecule has 0 spiro atoms. The van der Waals surface area contributed by atoms with E-state index >= 15 is 0 Å². The number of unbranched alkanes of at least 4 members (excludes halogenated alkanes) is 2. The molecule has 4 nitrogen and oxygen atoms in total. The van der Waals surface area contributed by atoms with Crippen LogP contribution >= 0.6 is 0 Å². The minimum atomic E-state index is -0.321. The number of ether oxygens (including phenoxy) is 2. The fraction of sp³-hybridized carbons (Fsp3) is 0.909. The number of rotatable bonds is 12. The summed E-state index contributed by atoms with van der Waals surface area (Å²) < 4.78 is 10.9. The second kappa shape index (κ2) is 13.2. The van der Waals surface area contributed by atoms with Gasteiger partial charge in [0.25, 0.3) is 0 Å². The van der Waals surface area contributed by atoms with Crippen LogP contribution in [0.15, 0.2) is 0 Å². The van der Waals surface area contributed by atoms with Gasteiger partial charge in [0.15, 0.2) is 0 Å². The van der Waals surface area contributed by atoms with E-state index in [0.717, 1.165) is 57.3 Å². The van der Waals surface area contributed by atoms with Gasteiger partial charge in [-0.05, 0) is 43.9 Å². The average Bonchev–Trinajstić information content (AvgIpc) is 2.61. The summed E-state index contributed by atoms with van der Waals surface area (Å²) in [5.41, 5.74) is 0. The lowest BCUT2D eigenvalue weighted by Gasteiger charge is -2.33. The molecule has 152 valence electrons. The molecule has 1 aliphatic carbocycles. The summed E-state index contributed by atoms with van der Waals surface area (Å²) in [6, 6.07) is 0. The molecule has 0 bridgehead atoms. The highest BCUT2D eigenvalue weighted by Crippen LogP contribution is 2.38. The molecule has 1 aliphatic rings. The maximum absolute atomic E-state index is 12.6. The predicted octanol–water partition coefficient (Wildman–Crippen LogP) is 5.53. The summed E-state index contributed by atoms with van der Waals surface area (Å²) >= 11 is 0. The molecule has 4 heteroatoms. The number of carbonyl (C=O) groups is 2. The summed E-state index contributed by atoms with van der Waals surface area (Å²) in [5, 5.41) is 0. The minimum Gasteiger partial charge on any atom is -0.465 e. The zero-order valence-corrected chi connectivity index (χ0v) is 17.4. The fourth-order valence-corrected chi connectivity index (χ4v) is 3.73. The Bertz CT molecular complexity index is 405. The van der Waals surface area contributed by atoms with Gasteiger partial charge in [0, 0.05) is 0 Å². The third-order valence-corrected chi connectivity index (χ3v) is 5.44. The van der Waals surface area contributed by atoms with E-state index < -0.39 is 0 Å². The lowest BCUT2D eigenvalue weighted by molar-refractivity contribution is -0.164. The molecule has 1 fully saturated rings. The lowest BCUT2D eigenvalue weighted by atomic mass is 9.72. The van der Waals surface area contributed by atoms with Crippen molar-refractivity contribution in [3.63, 3.8) is 0 Å². The second-order valence-electron chi connectivity index (χ2n) is 8.26. The Labute approximate surface area is 160 Å². The van der Waals surface area contributed by atoms with E-state index in [1.165, 1.54) is 12.8 Å². The Morgan fingerprint density at radius 3 is 2.00 bits per heavy atom. The van der Waals surface area contributed by atoms with Gasteiger partial charge in [0.1, 0.15) is 0 Å². The van der Waals surface area contributed by atoms with Crippen LogP contribution in [0, 0.1) is 23.7 Å². The molecule has 3 atom stereocenters. The van der Waals surface area contributed by atoms with Crippen LogP contribution in [0.4, 0.5) is 0 Å². The van der Waals surface area contributed by atoms with Crippen LogP contribution in [-0.2, 0) is 19.1 Å². The maximum Gasteiger partial charge on any atom is 0.309 e. The van der Waals surface area contributed by atoms with Crippen molar-refractivity contribution in [1.29, 1.82) is 0 Å². The first-order chi connectivity index (χ1) is 12.5. The summed E-state index contributed by atoms with van der Waals surface area (Å²) in [6.07, 6.45) is 9.87. The zero-order valence-electron chi connectivity index (χ0n) is 17.4. The average molecular weight is 369 g/mol. The van der Waals surface area contributed by atoms with Gasteiger partial charge >= 0.3 is 11.9 Å². The summed E-state index contributed by atoms with van der Waals surface area (Å²) in [7, 11) is 0. The van der Waals surface area contributed by atoms with Crippen molar-refractivity contribution >= 4 is 11.9 Å². The Hall–Kier alpha value is -1.06. The van der Waals surface area contributed by atoms with Gasteiger partial charge in [-0.1, -0.05) is 59.8 Å². The molecular formula is C22H40O4. The molecule has 0 saturated heterocycles. The molecule has 1 rings (SSSR count). The van der Waals surface area contributed by atoms with Crippen molar-refractivity contribution in [3.05, 3.63) is 0 Å². The van der Waals surface area contributed by atoms with Gasteiger partial charge < -0.3 is 9.47 Å². The first-order valence-corrected chi connectivity index (χ1v) is 10.8. The summed E-state index contributed by atoms with van der Waals surface area (Å²) in [4.78, 5) is 25.1. The van der Waals surface area contributed by atoms with Crippen molar-refractivity contribution in [2.75, 3.05) is 13.2 Å². The van der Waals surface area contributed by atoms with Gasteiger partial charge in [-0.2, -0.15) is 0 Å². The molecule has 0 N–H and O–H groups in total. The van der Waals surface area contributed by atoms with Crippen LogP contribution in [0.2, 0.25) is 0 Å². The van der Waals surface area contributed by atoms with Crippen LogP contribution in [-0.4, -0.2) is 25.2 Å². The maximum atomic E-state index is 12.6. The Morgan fingerprint density at radius 2 is 1.46 bits per heavy atom. The molecule has 26 heavy (non-hydrogen) atoms. The number of hydrogen-bond donors (Lipinski definition) is 0. The van der Waals surface area contributed by atoms with Crippen LogP contribution in [0.3, 0.4) is 0 Å². The molecule has 3 unspecified atom stereocenters. The summed E-state index contributed by atoms with van der Waals surface area (Å²) in [5.74, 6) is 0.217. The van der Waals surface area contributed by atoms with Crippen molar-refractivity contribution in [3.8, 4) is 0 Å². The van der Waals surface area contributed by atoms with Crippen molar-refractivity contribution in [2.24, 2.45) is 23.7 Å². The highest BCUT2D eigenvalue weighted by molar-refractivity contribution is 5.82. The van der Waals surface area contributed by atoms with Crippen molar-refractivity contribution < 1.29 is 19.1 Å². The lowest BCUT2D eigenvalue weighted by Crippen LogP contribution is -2.38. The first kappa shape index (κ1) is 23.0. The molecule has 0 aromatic rings. The SMILES string of the molecule is CCCCOC(=O)C1CCC(CCCC(C)C)CC1C(=O)OCCCC.